The Bertz CT molecular complexity index is 629. The lowest BCUT2D eigenvalue weighted by Gasteiger charge is -2.06. The smallest absolute Gasteiger partial charge is 0.298 e. The van der Waals surface area contributed by atoms with Gasteiger partial charge in [0.05, 0.1) is 4.24 Å². The summed E-state index contributed by atoms with van der Waals surface area (Å²) in [6.07, 6.45) is 0. The van der Waals surface area contributed by atoms with Crippen molar-refractivity contribution >= 4 is 62.8 Å². The largest absolute Gasteiger partial charge is 0.424 e. The predicted octanol–water partition coefficient (Wildman–Crippen LogP) is 3.98. The summed E-state index contributed by atoms with van der Waals surface area (Å²) in [6, 6.07) is 6.05. The molecule has 2 heterocycles. The highest BCUT2D eigenvalue weighted by Gasteiger charge is 2.37. The van der Waals surface area contributed by atoms with E-state index in [1.165, 1.54) is 4.90 Å². The number of thiocarbonyl (C=S) groups is 1. The number of nitrogens with zero attached hydrogens (tertiary/aromatic N) is 1. The standard InChI is InChI=1S/C12H8BrNO2S3/c1-2-14-10(15)9(16-12(14)17)11-18-7-4-3-6(13)5-8(7)19-11/h3-5H,2H2,1H3. The van der Waals surface area contributed by atoms with Gasteiger partial charge >= 0.3 is 0 Å². The molecule has 7 heteroatoms. The second-order valence-corrected chi connectivity index (χ2v) is 7.46. The third-order valence-electron chi connectivity index (χ3n) is 2.66. The van der Waals surface area contributed by atoms with Crippen molar-refractivity contribution in [2.75, 3.05) is 6.54 Å². The summed E-state index contributed by atoms with van der Waals surface area (Å²) in [5.41, 5.74) is 0. The summed E-state index contributed by atoms with van der Waals surface area (Å²) in [4.78, 5) is 15.9. The molecule has 2 aliphatic heterocycles. The van der Waals surface area contributed by atoms with Crippen molar-refractivity contribution in [3.05, 3.63) is 32.7 Å². The molecule has 0 unspecified atom stereocenters. The third-order valence-corrected chi connectivity index (χ3v) is 5.96. The van der Waals surface area contributed by atoms with Gasteiger partial charge in [-0.2, -0.15) is 0 Å². The molecule has 1 fully saturated rings. The van der Waals surface area contributed by atoms with E-state index >= 15 is 0 Å². The fourth-order valence-corrected chi connectivity index (χ4v) is 5.01. The maximum atomic E-state index is 12.2. The third kappa shape index (κ3) is 2.33. The lowest BCUT2D eigenvalue weighted by atomic mass is 10.4. The Kier molecular flexibility index (Phi) is 3.63. The van der Waals surface area contributed by atoms with Crippen molar-refractivity contribution in [1.82, 2.24) is 4.90 Å². The summed E-state index contributed by atoms with van der Waals surface area (Å²) in [5.74, 6) is 0.212. The quantitative estimate of drug-likeness (QED) is 0.548. The summed E-state index contributed by atoms with van der Waals surface area (Å²) in [7, 11) is 0. The van der Waals surface area contributed by atoms with Crippen molar-refractivity contribution in [1.29, 1.82) is 0 Å². The molecular weight excluding hydrogens is 366 g/mol. The van der Waals surface area contributed by atoms with Gasteiger partial charge in [-0.3, -0.25) is 9.69 Å². The van der Waals surface area contributed by atoms with Gasteiger partial charge in [-0.15, -0.1) is 0 Å². The van der Waals surface area contributed by atoms with Gasteiger partial charge in [0.25, 0.3) is 11.1 Å². The molecule has 19 heavy (non-hydrogen) atoms. The van der Waals surface area contributed by atoms with Crippen LogP contribution in [0.3, 0.4) is 0 Å². The number of hydrogen-bond donors (Lipinski definition) is 0. The van der Waals surface area contributed by atoms with Crippen LogP contribution in [0.2, 0.25) is 0 Å². The van der Waals surface area contributed by atoms with Gasteiger partial charge < -0.3 is 4.74 Å². The molecule has 0 spiro atoms. The Morgan fingerprint density at radius 3 is 2.79 bits per heavy atom. The first-order valence-corrected chi connectivity index (χ1v) is 8.36. The average Bonchev–Trinajstić information content (AvgIpc) is 2.90. The monoisotopic (exact) mass is 373 g/mol. The summed E-state index contributed by atoms with van der Waals surface area (Å²) >= 11 is 11.6. The first kappa shape index (κ1) is 13.5. The maximum Gasteiger partial charge on any atom is 0.298 e. The van der Waals surface area contributed by atoms with Crippen molar-refractivity contribution in [3.63, 3.8) is 0 Å². The summed E-state index contributed by atoms with van der Waals surface area (Å²) in [6.45, 7) is 2.41. The topological polar surface area (TPSA) is 29.5 Å². The lowest BCUT2D eigenvalue weighted by Crippen LogP contribution is -2.27. The van der Waals surface area contributed by atoms with E-state index in [2.05, 4.69) is 15.9 Å². The SMILES string of the molecule is CCN1C(=O)C(=C2Sc3ccc(Br)cc3S2)OC1=S. The molecule has 0 saturated carbocycles. The van der Waals surface area contributed by atoms with Crippen LogP contribution in [0.5, 0.6) is 0 Å². The van der Waals surface area contributed by atoms with Crippen LogP contribution in [0, 0.1) is 0 Å². The predicted molar refractivity (Wildman–Crippen MR) is 84.0 cm³/mol. The normalized spacial score (nSPS) is 21.9. The molecule has 3 nitrogen and oxygen atoms in total. The van der Waals surface area contributed by atoms with Gasteiger partial charge in [0, 0.05) is 20.8 Å². The van der Waals surface area contributed by atoms with Gasteiger partial charge in [-0.25, -0.2) is 0 Å². The lowest BCUT2D eigenvalue weighted by molar-refractivity contribution is -0.122. The number of rotatable bonds is 1. The van der Waals surface area contributed by atoms with E-state index in [9.17, 15) is 4.79 Å². The van der Waals surface area contributed by atoms with E-state index in [1.54, 1.807) is 23.5 Å². The minimum absolute atomic E-state index is 0.144. The Balaban J connectivity index is 1.96. The van der Waals surface area contributed by atoms with E-state index in [1.807, 2.05) is 25.1 Å². The number of ether oxygens (including phenoxy) is 1. The number of thioether (sulfide) groups is 2. The van der Waals surface area contributed by atoms with Gasteiger partial charge in [-0.1, -0.05) is 39.5 Å². The molecule has 3 rings (SSSR count). The molecule has 2 aliphatic rings. The molecule has 1 saturated heterocycles. The second-order valence-electron chi connectivity index (χ2n) is 3.83. The van der Waals surface area contributed by atoms with Crippen LogP contribution < -0.4 is 0 Å². The number of benzene rings is 1. The molecule has 0 radical (unpaired) electrons. The molecule has 0 aliphatic carbocycles. The summed E-state index contributed by atoms with van der Waals surface area (Å²) < 4.78 is 7.34. The highest BCUT2D eigenvalue weighted by atomic mass is 79.9. The number of amides is 1. The molecule has 1 amide bonds. The number of hydrogen-bond acceptors (Lipinski definition) is 5. The van der Waals surface area contributed by atoms with E-state index in [-0.39, 0.29) is 11.1 Å². The first-order chi connectivity index (χ1) is 9.10. The highest BCUT2D eigenvalue weighted by molar-refractivity contribution is 9.10. The van der Waals surface area contributed by atoms with Crippen LogP contribution in [0.1, 0.15) is 6.92 Å². The second kappa shape index (κ2) is 5.12. The zero-order valence-corrected chi connectivity index (χ0v) is 13.8. The van der Waals surface area contributed by atoms with Crippen molar-refractivity contribution in [3.8, 4) is 0 Å². The van der Waals surface area contributed by atoms with E-state index in [0.29, 0.717) is 12.3 Å². The molecule has 98 valence electrons. The first-order valence-electron chi connectivity index (χ1n) is 5.53. The molecule has 1 aromatic rings. The van der Waals surface area contributed by atoms with Crippen LogP contribution in [0.4, 0.5) is 0 Å². The van der Waals surface area contributed by atoms with Crippen LogP contribution in [-0.2, 0) is 9.53 Å². The zero-order chi connectivity index (χ0) is 13.6. The average molecular weight is 374 g/mol. The number of fused-ring (bicyclic) bond motifs is 1. The molecular formula is C12H8BrNO2S3. The van der Waals surface area contributed by atoms with Gasteiger partial charge in [0.15, 0.2) is 0 Å². The van der Waals surface area contributed by atoms with Crippen molar-refractivity contribution < 1.29 is 9.53 Å². The Hall–Kier alpha value is -0.500. The summed E-state index contributed by atoms with van der Waals surface area (Å²) in [5, 5.41) is 0.244. The molecule has 0 aromatic heterocycles. The van der Waals surface area contributed by atoms with Crippen molar-refractivity contribution in [2.24, 2.45) is 0 Å². The number of carbonyl (C=O) groups is 1. The van der Waals surface area contributed by atoms with Crippen LogP contribution in [0.25, 0.3) is 0 Å². The molecule has 0 N–H and O–H groups in total. The zero-order valence-electron chi connectivity index (χ0n) is 9.81. The van der Waals surface area contributed by atoms with Gasteiger partial charge in [0.1, 0.15) is 0 Å². The van der Waals surface area contributed by atoms with Gasteiger partial charge in [-0.05, 0) is 37.3 Å². The molecule has 1 aromatic carbocycles. The Labute approximate surface area is 132 Å². The van der Waals surface area contributed by atoms with Crippen LogP contribution >= 0.6 is 51.7 Å². The van der Waals surface area contributed by atoms with E-state index in [0.717, 1.165) is 18.5 Å². The fourth-order valence-electron chi connectivity index (χ4n) is 1.75. The number of likely N-dealkylation sites (N-methyl/N-ethyl adjacent to an activating group) is 1. The highest BCUT2D eigenvalue weighted by Crippen LogP contribution is 2.53. The molecule has 0 bridgehead atoms. The van der Waals surface area contributed by atoms with Gasteiger partial charge in [0.2, 0.25) is 5.76 Å². The van der Waals surface area contributed by atoms with E-state index in [4.69, 9.17) is 17.0 Å². The maximum absolute atomic E-state index is 12.2. The molecule has 0 atom stereocenters. The van der Waals surface area contributed by atoms with Crippen LogP contribution in [0.15, 0.2) is 42.5 Å². The Morgan fingerprint density at radius 2 is 2.11 bits per heavy atom. The minimum Gasteiger partial charge on any atom is -0.424 e. The van der Waals surface area contributed by atoms with Crippen LogP contribution in [-0.4, -0.2) is 22.5 Å². The number of halogens is 1. The minimum atomic E-state index is -0.144. The fraction of sp³-hybridized carbons (Fsp3) is 0.167. The Morgan fingerprint density at radius 1 is 1.37 bits per heavy atom. The number of carbonyl (C=O) groups excluding carboxylic acids is 1. The van der Waals surface area contributed by atoms with Crippen molar-refractivity contribution in [2.45, 2.75) is 16.7 Å². The van der Waals surface area contributed by atoms with E-state index < -0.39 is 0 Å².